The van der Waals surface area contributed by atoms with Crippen molar-refractivity contribution in [2.24, 2.45) is 11.8 Å². The number of fused-ring (bicyclic) bond motifs is 3. The third-order valence-corrected chi connectivity index (χ3v) is 7.10. The van der Waals surface area contributed by atoms with E-state index in [2.05, 4.69) is 22.1 Å². The molecule has 10 heteroatoms. The Bertz CT molecular complexity index is 1270. The van der Waals surface area contributed by atoms with Crippen molar-refractivity contribution in [2.75, 3.05) is 32.6 Å². The lowest BCUT2D eigenvalue weighted by Crippen LogP contribution is -2.58. The van der Waals surface area contributed by atoms with Crippen LogP contribution in [-0.2, 0) is 9.47 Å². The topological polar surface area (TPSA) is 102 Å². The molecule has 182 valence electrons. The van der Waals surface area contributed by atoms with Gasteiger partial charge in [0.2, 0.25) is 5.88 Å². The van der Waals surface area contributed by atoms with E-state index in [0.29, 0.717) is 32.1 Å². The van der Waals surface area contributed by atoms with E-state index in [1.54, 1.807) is 16.7 Å². The first kappa shape index (κ1) is 23.5. The Hall–Kier alpha value is -3.29. The molecule has 2 aliphatic rings. The Morgan fingerprint density at radius 3 is 2.69 bits per heavy atom. The molecule has 1 aromatic carbocycles. The van der Waals surface area contributed by atoms with Gasteiger partial charge in [0.25, 0.3) is 0 Å². The number of aromatic nitrogens is 3. The van der Waals surface area contributed by atoms with Crippen molar-refractivity contribution in [3.8, 4) is 17.8 Å². The number of rotatable bonds is 5. The Morgan fingerprint density at radius 1 is 1.23 bits per heavy atom. The lowest BCUT2D eigenvalue weighted by molar-refractivity contribution is -0.111. The predicted molar refractivity (Wildman–Crippen MR) is 131 cm³/mol. The van der Waals surface area contributed by atoms with Gasteiger partial charge in [-0.3, -0.25) is 4.57 Å². The number of benzene rings is 1. The number of amides is 1. The van der Waals surface area contributed by atoms with Gasteiger partial charge in [0.1, 0.15) is 18.5 Å². The maximum atomic E-state index is 12.5. The monoisotopic (exact) mass is 493 g/mol. The smallest absolute Gasteiger partial charge is 0.410 e. The van der Waals surface area contributed by atoms with E-state index in [9.17, 15) is 10.1 Å². The minimum atomic E-state index is -0.318. The molecule has 1 unspecified atom stereocenters. The third-order valence-electron chi connectivity index (χ3n) is 6.38. The average Bonchev–Trinajstić information content (AvgIpc) is 3.26. The first-order chi connectivity index (χ1) is 17.0. The van der Waals surface area contributed by atoms with Crippen molar-refractivity contribution in [1.29, 1.82) is 5.26 Å². The molecule has 35 heavy (non-hydrogen) atoms. The van der Waals surface area contributed by atoms with Crippen molar-refractivity contribution in [1.82, 2.24) is 19.4 Å². The highest BCUT2D eigenvalue weighted by Crippen LogP contribution is 2.34. The molecule has 1 amide bonds. The zero-order valence-corrected chi connectivity index (χ0v) is 20.7. The average molecular weight is 494 g/mol. The molecule has 0 spiro atoms. The number of thioether (sulfide) groups is 1. The summed E-state index contributed by atoms with van der Waals surface area (Å²) in [6, 6.07) is 10.4. The highest BCUT2D eigenvalue weighted by atomic mass is 32.2. The summed E-state index contributed by atoms with van der Waals surface area (Å²) in [5.41, 5.74) is 1.23. The molecule has 0 N–H and O–H groups in total. The molecule has 4 heterocycles. The summed E-state index contributed by atoms with van der Waals surface area (Å²) < 4.78 is 19.4. The second kappa shape index (κ2) is 9.76. The molecular weight excluding hydrogens is 466 g/mol. The molecule has 0 radical (unpaired) electrons. The number of nitriles is 1. The molecule has 0 saturated carbocycles. The molecule has 0 aliphatic carbocycles. The maximum absolute atomic E-state index is 12.5. The van der Waals surface area contributed by atoms with Crippen LogP contribution in [0.15, 0.2) is 41.7 Å². The fourth-order valence-electron chi connectivity index (χ4n) is 4.81. The third kappa shape index (κ3) is 4.54. The van der Waals surface area contributed by atoms with Crippen LogP contribution < -0.4 is 4.74 Å². The summed E-state index contributed by atoms with van der Waals surface area (Å²) in [6.45, 7) is 5.53. The first-order valence-corrected chi connectivity index (χ1v) is 12.8. The van der Waals surface area contributed by atoms with E-state index in [0.717, 1.165) is 10.9 Å². The Balaban J connectivity index is 1.43. The van der Waals surface area contributed by atoms with Crippen LogP contribution in [-0.4, -0.2) is 70.3 Å². The molecule has 2 aromatic heterocycles. The number of carbonyl (C=O) groups excluding carboxylic acids is 1. The molecular formula is C25H27N5O4S. The number of ether oxygens (including phenoxy) is 3. The van der Waals surface area contributed by atoms with Crippen LogP contribution in [0.5, 0.6) is 5.88 Å². The van der Waals surface area contributed by atoms with Crippen molar-refractivity contribution in [3.63, 3.8) is 0 Å². The normalized spacial score (nSPS) is 21.7. The second-order valence-corrected chi connectivity index (χ2v) is 9.96. The SMILES string of the molecule is CSc1ccc2c(ccn2-c2ncnc(OC3[C@@H]4COC[C@H]3CN(C(=O)OC(C)C)C4)c2C#N)c1. The van der Waals surface area contributed by atoms with Crippen LogP contribution in [0.2, 0.25) is 0 Å². The summed E-state index contributed by atoms with van der Waals surface area (Å²) in [4.78, 5) is 24.1. The summed E-state index contributed by atoms with van der Waals surface area (Å²) in [5.74, 6) is 0.623. The second-order valence-electron chi connectivity index (χ2n) is 9.08. The fourth-order valence-corrected chi connectivity index (χ4v) is 5.26. The number of likely N-dealkylation sites (tertiary alicyclic amines) is 1. The standard InChI is InChI=1S/C25H27N5O4S/c1-15(2)33-25(31)29-10-17-12-32-13-18(11-29)22(17)34-24-20(9-26)23(27-14-28-24)30-7-6-16-8-19(35-3)4-5-21(16)30/h4-8,14-15,17-18,22H,10-13H2,1-3H3/t17-,18+,22?. The van der Waals surface area contributed by atoms with Gasteiger partial charge in [-0.15, -0.1) is 11.8 Å². The minimum Gasteiger partial charge on any atom is -0.472 e. The van der Waals surface area contributed by atoms with Gasteiger partial charge < -0.3 is 19.1 Å². The van der Waals surface area contributed by atoms with E-state index in [-0.39, 0.29) is 41.6 Å². The van der Waals surface area contributed by atoms with Gasteiger partial charge in [0.15, 0.2) is 11.4 Å². The Labute approximate surface area is 208 Å². The van der Waals surface area contributed by atoms with Gasteiger partial charge in [-0.25, -0.2) is 14.8 Å². The van der Waals surface area contributed by atoms with E-state index in [4.69, 9.17) is 14.2 Å². The molecule has 2 aliphatic heterocycles. The van der Waals surface area contributed by atoms with Gasteiger partial charge >= 0.3 is 6.09 Å². The van der Waals surface area contributed by atoms with Crippen molar-refractivity contribution in [3.05, 3.63) is 42.4 Å². The lowest BCUT2D eigenvalue weighted by Gasteiger charge is -2.45. The van der Waals surface area contributed by atoms with E-state index < -0.39 is 0 Å². The summed E-state index contributed by atoms with van der Waals surface area (Å²) in [7, 11) is 0. The van der Waals surface area contributed by atoms with E-state index in [1.165, 1.54) is 11.2 Å². The fraction of sp³-hybridized carbons (Fsp3) is 0.440. The van der Waals surface area contributed by atoms with E-state index in [1.807, 2.05) is 49.1 Å². The molecule has 2 bridgehead atoms. The first-order valence-electron chi connectivity index (χ1n) is 11.6. The van der Waals surface area contributed by atoms with Crippen LogP contribution in [0.4, 0.5) is 4.79 Å². The molecule has 2 saturated heterocycles. The zero-order valence-electron chi connectivity index (χ0n) is 19.9. The van der Waals surface area contributed by atoms with Gasteiger partial charge in [0, 0.05) is 41.4 Å². The quantitative estimate of drug-likeness (QED) is 0.494. The van der Waals surface area contributed by atoms with Crippen molar-refractivity contribution < 1.29 is 19.0 Å². The molecule has 3 atom stereocenters. The van der Waals surface area contributed by atoms with E-state index >= 15 is 0 Å². The highest BCUT2D eigenvalue weighted by Gasteiger charge is 2.44. The van der Waals surface area contributed by atoms with Crippen molar-refractivity contribution >= 4 is 28.8 Å². The minimum absolute atomic E-state index is 0.0513. The number of hydrogen-bond acceptors (Lipinski definition) is 8. The van der Waals surface area contributed by atoms with Crippen LogP contribution in [0.3, 0.4) is 0 Å². The Kier molecular flexibility index (Phi) is 6.54. The van der Waals surface area contributed by atoms with Gasteiger partial charge in [-0.1, -0.05) is 0 Å². The Morgan fingerprint density at radius 2 is 2.00 bits per heavy atom. The predicted octanol–water partition coefficient (Wildman–Crippen LogP) is 3.88. The van der Waals surface area contributed by atoms with Crippen LogP contribution in [0, 0.1) is 23.2 Å². The van der Waals surface area contributed by atoms with Gasteiger partial charge in [0.05, 0.1) is 24.8 Å². The number of piperidine rings is 1. The lowest BCUT2D eigenvalue weighted by atomic mass is 9.84. The summed E-state index contributed by atoms with van der Waals surface area (Å²) in [6.07, 6.45) is 4.65. The highest BCUT2D eigenvalue weighted by molar-refractivity contribution is 7.98. The number of hydrogen-bond donors (Lipinski definition) is 0. The van der Waals surface area contributed by atoms with Crippen LogP contribution in [0.1, 0.15) is 19.4 Å². The van der Waals surface area contributed by atoms with Crippen LogP contribution >= 0.6 is 11.8 Å². The maximum Gasteiger partial charge on any atom is 0.410 e. The zero-order chi connectivity index (χ0) is 24.5. The molecule has 5 rings (SSSR count). The number of nitrogens with zero attached hydrogens (tertiary/aromatic N) is 5. The van der Waals surface area contributed by atoms with Crippen molar-refractivity contribution in [2.45, 2.75) is 31.0 Å². The van der Waals surface area contributed by atoms with Crippen LogP contribution in [0.25, 0.3) is 16.7 Å². The summed E-state index contributed by atoms with van der Waals surface area (Å²) in [5, 5.41) is 11.1. The molecule has 2 fully saturated rings. The molecule has 3 aromatic rings. The molecule has 9 nitrogen and oxygen atoms in total. The summed E-state index contributed by atoms with van der Waals surface area (Å²) >= 11 is 1.68. The van der Waals surface area contributed by atoms with Gasteiger partial charge in [-0.05, 0) is 44.4 Å². The van der Waals surface area contributed by atoms with Gasteiger partial charge in [-0.2, -0.15) is 5.26 Å². The number of carbonyl (C=O) groups is 1. The largest absolute Gasteiger partial charge is 0.472 e.